The van der Waals surface area contributed by atoms with E-state index in [4.69, 9.17) is 4.98 Å². The fraction of sp³-hybridized carbons (Fsp3) is 0.217. The van der Waals surface area contributed by atoms with E-state index in [2.05, 4.69) is 62.4 Å². The third-order valence-electron chi connectivity index (χ3n) is 5.12. The van der Waals surface area contributed by atoms with Crippen LogP contribution in [0.25, 0.3) is 22.4 Å². The first-order chi connectivity index (χ1) is 14.0. The average Bonchev–Trinajstić information content (AvgIpc) is 3.12. The van der Waals surface area contributed by atoms with E-state index in [1.807, 2.05) is 31.2 Å². The quantitative estimate of drug-likeness (QED) is 0.367. The number of fused-ring (bicyclic) bond motifs is 1. The molecule has 1 atom stereocenters. The number of hydrogen-bond acceptors (Lipinski definition) is 3. The second-order valence-electron chi connectivity index (χ2n) is 7.24. The van der Waals surface area contributed by atoms with Gasteiger partial charge in [0.1, 0.15) is 11.4 Å². The van der Waals surface area contributed by atoms with Gasteiger partial charge in [-0.2, -0.15) is 0 Å². The van der Waals surface area contributed by atoms with Crippen LogP contribution in [0.5, 0.6) is 0 Å². The monoisotopic (exact) mass is 450 g/mol. The second-order valence-corrected chi connectivity index (χ2v) is 8.15. The van der Waals surface area contributed by atoms with Crippen molar-refractivity contribution in [3.05, 3.63) is 80.7 Å². The molecule has 5 nitrogen and oxygen atoms in total. The molecule has 0 radical (unpaired) electrons. The lowest BCUT2D eigenvalue weighted by Crippen LogP contribution is -2.23. The first kappa shape index (κ1) is 19.5. The number of hydrogen-bond donors (Lipinski definition) is 3. The molecule has 0 aliphatic rings. The normalized spacial score (nSPS) is 12.2. The molecule has 0 aliphatic heterocycles. The van der Waals surface area contributed by atoms with E-state index in [-0.39, 0.29) is 11.6 Å². The van der Waals surface area contributed by atoms with E-state index < -0.39 is 0 Å². The molecule has 4 aromatic rings. The van der Waals surface area contributed by atoms with Crippen molar-refractivity contribution in [2.45, 2.75) is 32.7 Å². The number of H-pyrrole nitrogens is 2. The summed E-state index contributed by atoms with van der Waals surface area (Å²) in [6, 6.07) is 16.5. The lowest BCUT2D eigenvalue weighted by Gasteiger charge is -2.20. The van der Waals surface area contributed by atoms with Crippen LogP contribution in [-0.2, 0) is 6.42 Å². The van der Waals surface area contributed by atoms with Gasteiger partial charge in [0.25, 0.3) is 5.56 Å². The summed E-state index contributed by atoms with van der Waals surface area (Å²) >= 11 is 3.52. The summed E-state index contributed by atoms with van der Waals surface area (Å²) in [5, 5.41) is 3.57. The Labute approximate surface area is 177 Å². The number of nitrogens with zero attached hydrogens (tertiary/aromatic N) is 1. The molecule has 29 heavy (non-hydrogen) atoms. The van der Waals surface area contributed by atoms with Crippen molar-refractivity contribution in [2.24, 2.45) is 0 Å². The van der Waals surface area contributed by atoms with Gasteiger partial charge in [0, 0.05) is 16.7 Å². The maximum Gasteiger partial charge on any atom is 0.261 e. The summed E-state index contributed by atoms with van der Waals surface area (Å²) in [5.41, 5.74) is 5.24. The Kier molecular flexibility index (Phi) is 5.53. The molecule has 2 aromatic heterocycles. The summed E-state index contributed by atoms with van der Waals surface area (Å²) in [6.45, 7) is 4.16. The average molecular weight is 451 g/mol. The van der Waals surface area contributed by atoms with E-state index in [0.29, 0.717) is 11.4 Å². The highest BCUT2D eigenvalue weighted by Gasteiger charge is 2.17. The zero-order chi connectivity index (χ0) is 20.4. The van der Waals surface area contributed by atoms with Gasteiger partial charge in [0.15, 0.2) is 0 Å². The van der Waals surface area contributed by atoms with Crippen molar-refractivity contribution >= 4 is 32.7 Å². The molecule has 3 N–H and O–H groups in total. The molecule has 2 heterocycles. The standard InChI is InChI=1S/C23H23BrN4O/c1-3-17(12-15-7-5-4-6-8-15)26-18-9-10-25-23(29)20(18)22-27-19-13-16(24)11-14(2)21(19)28-22/h4-11,13,17H,3,12H2,1-2H3,(H,27,28)(H2,25,26,29)/t17-/m1/s1. The topological polar surface area (TPSA) is 73.6 Å². The van der Waals surface area contributed by atoms with Gasteiger partial charge in [-0.1, -0.05) is 53.2 Å². The lowest BCUT2D eigenvalue weighted by atomic mass is 10.0. The van der Waals surface area contributed by atoms with Crippen LogP contribution >= 0.6 is 15.9 Å². The van der Waals surface area contributed by atoms with Crippen LogP contribution in [0.1, 0.15) is 24.5 Å². The van der Waals surface area contributed by atoms with Crippen LogP contribution in [-0.4, -0.2) is 21.0 Å². The largest absolute Gasteiger partial charge is 0.381 e. The Morgan fingerprint density at radius 1 is 1.17 bits per heavy atom. The summed E-state index contributed by atoms with van der Waals surface area (Å²) in [7, 11) is 0. The molecular weight excluding hydrogens is 428 g/mol. The number of benzene rings is 2. The molecule has 0 fully saturated rings. The minimum absolute atomic E-state index is 0.166. The minimum Gasteiger partial charge on any atom is -0.381 e. The van der Waals surface area contributed by atoms with Gasteiger partial charge in [0.2, 0.25) is 0 Å². The molecule has 2 aromatic carbocycles. The fourth-order valence-corrected chi connectivity index (χ4v) is 4.19. The highest BCUT2D eigenvalue weighted by atomic mass is 79.9. The number of anilines is 1. The predicted molar refractivity (Wildman–Crippen MR) is 122 cm³/mol. The van der Waals surface area contributed by atoms with Crippen LogP contribution in [0.4, 0.5) is 5.69 Å². The highest BCUT2D eigenvalue weighted by Crippen LogP contribution is 2.28. The first-order valence-electron chi connectivity index (χ1n) is 9.73. The summed E-state index contributed by atoms with van der Waals surface area (Å²) in [4.78, 5) is 23.6. The zero-order valence-electron chi connectivity index (χ0n) is 16.4. The summed E-state index contributed by atoms with van der Waals surface area (Å²) in [6.07, 6.45) is 3.50. The molecule has 6 heteroatoms. The Bertz CT molecular complexity index is 1200. The predicted octanol–water partition coefficient (Wildman–Crippen LogP) is 5.42. The molecule has 0 saturated carbocycles. The Balaban J connectivity index is 1.72. The number of pyridine rings is 1. The van der Waals surface area contributed by atoms with E-state index in [9.17, 15) is 4.79 Å². The van der Waals surface area contributed by atoms with Crippen LogP contribution in [0.2, 0.25) is 0 Å². The van der Waals surface area contributed by atoms with Gasteiger partial charge in [-0.25, -0.2) is 4.98 Å². The Morgan fingerprint density at radius 3 is 2.72 bits per heavy atom. The van der Waals surface area contributed by atoms with Gasteiger partial charge < -0.3 is 15.3 Å². The van der Waals surface area contributed by atoms with Gasteiger partial charge in [-0.3, -0.25) is 4.79 Å². The molecule has 0 unspecified atom stereocenters. The van der Waals surface area contributed by atoms with Crippen LogP contribution in [0, 0.1) is 6.92 Å². The van der Waals surface area contributed by atoms with Crippen molar-refractivity contribution < 1.29 is 0 Å². The van der Waals surface area contributed by atoms with E-state index >= 15 is 0 Å². The van der Waals surface area contributed by atoms with Gasteiger partial charge in [-0.15, -0.1) is 0 Å². The van der Waals surface area contributed by atoms with Crippen LogP contribution in [0.15, 0.2) is 64.0 Å². The lowest BCUT2D eigenvalue weighted by molar-refractivity contribution is 0.690. The molecule has 4 rings (SSSR count). The molecular formula is C23H23BrN4O. The van der Waals surface area contributed by atoms with Crippen molar-refractivity contribution in [3.8, 4) is 11.4 Å². The van der Waals surface area contributed by atoms with E-state index in [1.54, 1.807) is 6.20 Å². The third kappa shape index (κ3) is 4.12. The van der Waals surface area contributed by atoms with E-state index in [1.165, 1.54) is 5.56 Å². The van der Waals surface area contributed by atoms with Crippen molar-refractivity contribution in [2.75, 3.05) is 5.32 Å². The number of imidazole rings is 1. The molecule has 0 saturated heterocycles. The summed E-state index contributed by atoms with van der Waals surface area (Å²) < 4.78 is 0.979. The summed E-state index contributed by atoms with van der Waals surface area (Å²) in [5.74, 6) is 0.570. The maximum atomic E-state index is 12.7. The van der Waals surface area contributed by atoms with Gasteiger partial charge in [-0.05, 0) is 49.1 Å². The molecule has 0 bridgehead atoms. The first-order valence-corrected chi connectivity index (χ1v) is 10.5. The molecule has 0 aliphatic carbocycles. The second kappa shape index (κ2) is 8.25. The molecule has 0 spiro atoms. The molecule has 0 amide bonds. The number of aryl methyl sites for hydroxylation is 1. The highest BCUT2D eigenvalue weighted by molar-refractivity contribution is 9.10. The molecule has 148 valence electrons. The minimum atomic E-state index is -0.166. The van der Waals surface area contributed by atoms with Gasteiger partial charge >= 0.3 is 0 Å². The third-order valence-corrected chi connectivity index (χ3v) is 5.57. The fourth-order valence-electron chi connectivity index (χ4n) is 3.61. The number of nitrogens with one attached hydrogen (secondary N) is 3. The van der Waals surface area contributed by atoms with Crippen molar-refractivity contribution in [3.63, 3.8) is 0 Å². The van der Waals surface area contributed by atoms with E-state index in [0.717, 1.165) is 39.6 Å². The van der Waals surface area contributed by atoms with Gasteiger partial charge in [0.05, 0.1) is 16.7 Å². The smallest absolute Gasteiger partial charge is 0.261 e. The van der Waals surface area contributed by atoms with Crippen LogP contribution < -0.4 is 10.9 Å². The maximum absolute atomic E-state index is 12.7. The number of halogens is 1. The number of aromatic nitrogens is 3. The Morgan fingerprint density at radius 2 is 1.97 bits per heavy atom. The van der Waals surface area contributed by atoms with Crippen LogP contribution in [0.3, 0.4) is 0 Å². The zero-order valence-corrected chi connectivity index (χ0v) is 18.0. The van der Waals surface area contributed by atoms with Crippen molar-refractivity contribution in [1.82, 2.24) is 15.0 Å². The Hall–Kier alpha value is -2.86. The number of rotatable bonds is 6. The number of aromatic amines is 2. The SMILES string of the molecule is CC[C@H](Cc1ccccc1)Nc1cc[nH]c(=O)c1-c1nc2c(C)cc(Br)cc2[nH]1. The van der Waals surface area contributed by atoms with Crippen molar-refractivity contribution in [1.29, 1.82) is 0 Å².